The number of nitrogens with zero attached hydrogens (tertiary/aromatic N) is 1. The highest BCUT2D eigenvalue weighted by Gasteiger charge is 2.29. The molecule has 0 aromatic carbocycles. The summed E-state index contributed by atoms with van der Waals surface area (Å²) < 4.78 is 0. The van der Waals surface area contributed by atoms with E-state index >= 15 is 0 Å². The van der Waals surface area contributed by atoms with Crippen molar-refractivity contribution in [3.05, 3.63) is 0 Å². The van der Waals surface area contributed by atoms with Crippen molar-refractivity contribution in [3.8, 4) is 0 Å². The minimum absolute atomic E-state index is 0.974. The average Bonchev–Trinajstić information content (AvgIpc) is 2.70. The van der Waals surface area contributed by atoms with Crippen LogP contribution in [0.5, 0.6) is 0 Å². The van der Waals surface area contributed by atoms with Crippen LogP contribution < -0.4 is 0 Å². The molecular weight excluding hydrogens is 158 g/mol. The molecule has 0 unspecified atom stereocenters. The zero-order chi connectivity index (χ0) is 9.10. The summed E-state index contributed by atoms with van der Waals surface area (Å²) >= 11 is 0. The molecular formula is C12H23N. The van der Waals surface area contributed by atoms with Crippen molar-refractivity contribution in [2.45, 2.75) is 57.9 Å². The Morgan fingerprint density at radius 1 is 1.15 bits per heavy atom. The van der Waals surface area contributed by atoms with Crippen LogP contribution in [0.4, 0.5) is 0 Å². The highest BCUT2D eigenvalue weighted by Crippen LogP contribution is 2.29. The van der Waals surface area contributed by atoms with E-state index in [9.17, 15) is 0 Å². The van der Waals surface area contributed by atoms with Crippen LogP contribution in [0.3, 0.4) is 0 Å². The molecule has 1 heteroatoms. The molecule has 1 atom stereocenters. The van der Waals surface area contributed by atoms with Crippen molar-refractivity contribution >= 4 is 0 Å². The standard InChI is InChI=1S/C12H23N/c1-2-5-11-8-9-13(10-11)12-6-3-4-7-12/h11-12H,2-10H2,1H3/t11-/m1/s1. The molecule has 1 aliphatic heterocycles. The van der Waals surface area contributed by atoms with Gasteiger partial charge in [0.1, 0.15) is 0 Å². The maximum atomic E-state index is 2.77. The van der Waals surface area contributed by atoms with E-state index in [1.54, 1.807) is 0 Å². The zero-order valence-corrected chi connectivity index (χ0v) is 8.97. The van der Waals surface area contributed by atoms with Crippen LogP contribution >= 0.6 is 0 Å². The molecule has 13 heavy (non-hydrogen) atoms. The number of hydrogen-bond acceptors (Lipinski definition) is 1. The first-order valence-electron chi connectivity index (χ1n) is 6.14. The lowest BCUT2D eigenvalue weighted by Crippen LogP contribution is -2.30. The van der Waals surface area contributed by atoms with E-state index in [4.69, 9.17) is 0 Å². The predicted molar refractivity (Wildman–Crippen MR) is 56.8 cm³/mol. The fourth-order valence-corrected chi connectivity index (χ4v) is 3.11. The molecule has 0 radical (unpaired) electrons. The Labute approximate surface area is 82.5 Å². The molecule has 0 aromatic heterocycles. The van der Waals surface area contributed by atoms with Gasteiger partial charge in [-0.05, 0) is 38.1 Å². The summed E-state index contributed by atoms with van der Waals surface area (Å²) in [5.74, 6) is 1.03. The fraction of sp³-hybridized carbons (Fsp3) is 1.00. The molecule has 0 spiro atoms. The first kappa shape index (κ1) is 9.51. The van der Waals surface area contributed by atoms with Crippen molar-refractivity contribution in [3.63, 3.8) is 0 Å². The van der Waals surface area contributed by atoms with Gasteiger partial charge in [-0.1, -0.05) is 26.2 Å². The summed E-state index contributed by atoms with van der Waals surface area (Å²) in [7, 11) is 0. The Kier molecular flexibility index (Phi) is 3.26. The molecule has 1 aliphatic carbocycles. The zero-order valence-electron chi connectivity index (χ0n) is 8.97. The molecule has 1 saturated heterocycles. The van der Waals surface area contributed by atoms with Crippen molar-refractivity contribution < 1.29 is 0 Å². The van der Waals surface area contributed by atoms with Gasteiger partial charge in [0, 0.05) is 12.6 Å². The van der Waals surface area contributed by atoms with Gasteiger partial charge < -0.3 is 4.90 Å². The smallest absolute Gasteiger partial charge is 0.00953 e. The predicted octanol–water partition coefficient (Wildman–Crippen LogP) is 3.05. The Hall–Kier alpha value is -0.0400. The lowest BCUT2D eigenvalue weighted by molar-refractivity contribution is 0.235. The summed E-state index contributed by atoms with van der Waals surface area (Å²) in [6.45, 7) is 5.13. The quantitative estimate of drug-likeness (QED) is 0.647. The SMILES string of the molecule is CCC[C@@H]1CCN(C2CCCC2)C1. The highest BCUT2D eigenvalue weighted by molar-refractivity contribution is 4.84. The van der Waals surface area contributed by atoms with Crippen LogP contribution in [-0.2, 0) is 0 Å². The Morgan fingerprint density at radius 2 is 1.92 bits per heavy atom. The molecule has 1 saturated carbocycles. The van der Waals surface area contributed by atoms with Crippen molar-refractivity contribution in [1.82, 2.24) is 4.90 Å². The van der Waals surface area contributed by atoms with Gasteiger partial charge in [-0.15, -0.1) is 0 Å². The molecule has 2 fully saturated rings. The summed E-state index contributed by atoms with van der Waals surface area (Å²) in [4.78, 5) is 2.77. The van der Waals surface area contributed by atoms with Crippen molar-refractivity contribution in [2.75, 3.05) is 13.1 Å². The molecule has 76 valence electrons. The first-order chi connectivity index (χ1) is 6.40. The minimum atomic E-state index is 0.974. The molecule has 1 heterocycles. The number of likely N-dealkylation sites (tertiary alicyclic amines) is 1. The molecule has 2 aliphatic rings. The van der Waals surface area contributed by atoms with E-state index in [-0.39, 0.29) is 0 Å². The molecule has 0 aromatic rings. The average molecular weight is 181 g/mol. The van der Waals surface area contributed by atoms with Crippen LogP contribution in [-0.4, -0.2) is 24.0 Å². The maximum Gasteiger partial charge on any atom is 0.00953 e. The Morgan fingerprint density at radius 3 is 2.62 bits per heavy atom. The van der Waals surface area contributed by atoms with Gasteiger partial charge in [0.15, 0.2) is 0 Å². The largest absolute Gasteiger partial charge is 0.300 e. The lowest BCUT2D eigenvalue weighted by Gasteiger charge is -2.23. The normalized spacial score (nSPS) is 31.6. The first-order valence-corrected chi connectivity index (χ1v) is 6.14. The van der Waals surface area contributed by atoms with E-state index in [1.807, 2.05) is 0 Å². The summed E-state index contributed by atoms with van der Waals surface area (Å²) in [6.07, 6.45) is 10.3. The Bertz CT molecular complexity index is 149. The lowest BCUT2D eigenvalue weighted by atomic mass is 10.0. The van der Waals surface area contributed by atoms with Crippen molar-refractivity contribution in [2.24, 2.45) is 5.92 Å². The summed E-state index contributed by atoms with van der Waals surface area (Å²) in [6, 6.07) is 0.974. The third-order valence-electron chi connectivity index (χ3n) is 3.86. The van der Waals surface area contributed by atoms with Crippen molar-refractivity contribution in [1.29, 1.82) is 0 Å². The van der Waals surface area contributed by atoms with Crippen LogP contribution in [0.1, 0.15) is 51.9 Å². The monoisotopic (exact) mass is 181 g/mol. The molecule has 0 N–H and O–H groups in total. The van der Waals surface area contributed by atoms with Gasteiger partial charge in [0.25, 0.3) is 0 Å². The third kappa shape index (κ3) is 2.25. The van der Waals surface area contributed by atoms with Gasteiger partial charge in [-0.2, -0.15) is 0 Å². The molecule has 0 amide bonds. The van der Waals surface area contributed by atoms with E-state index in [2.05, 4.69) is 11.8 Å². The summed E-state index contributed by atoms with van der Waals surface area (Å²) in [5.41, 5.74) is 0. The second-order valence-corrected chi connectivity index (χ2v) is 4.88. The van der Waals surface area contributed by atoms with Crippen LogP contribution in [0, 0.1) is 5.92 Å². The van der Waals surface area contributed by atoms with E-state index < -0.39 is 0 Å². The van der Waals surface area contributed by atoms with Crippen LogP contribution in [0.2, 0.25) is 0 Å². The maximum absolute atomic E-state index is 2.77. The minimum Gasteiger partial charge on any atom is -0.300 e. The number of rotatable bonds is 3. The Balaban J connectivity index is 1.76. The topological polar surface area (TPSA) is 3.24 Å². The second-order valence-electron chi connectivity index (χ2n) is 4.88. The van der Waals surface area contributed by atoms with E-state index in [1.165, 1.54) is 58.0 Å². The third-order valence-corrected chi connectivity index (χ3v) is 3.86. The highest BCUT2D eigenvalue weighted by atomic mass is 15.2. The van der Waals surface area contributed by atoms with Gasteiger partial charge in [0.05, 0.1) is 0 Å². The van der Waals surface area contributed by atoms with E-state index in [0.29, 0.717) is 0 Å². The summed E-state index contributed by atoms with van der Waals surface area (Å²) in [5, 5.41) is 0. The van der Waals surface area contributed by atoms with Gasteiger partial charge >= 0.3 is 0 Å². The number of hydrogen-bond donors (Lipinski definition) is 0. The van der Waals surface area contributed by atoms with Gasteiger partial charge in [-0.25, -0.2) is 0 Å². The van der Waals surface area contributed by atoms with Crippen LogP contribution in [0.15, 0.2) is 0 Å². The van der Waals surface area contributed by atoms with Gasteiger partial charge in [-0.3, -0.25) is 0 Å². The fourth-order valence-electron chi connectivity index (χ4n) is 3.11. The van der Waals surface area contributed by atoms with E-state index in [0.717, 1.165) is 12.0 Å². The molecule has 2 rings (SSSR count). The molecule has 1 nitrogen and oxygen atoms in total. The molecule has 0 bridgehead atoms. The second kappa shape index (κ2) is 4.45. The van der Waals surface area contributed by atoms with Crippen LogP contribution in [0.25, 0.3) is 0 Å². The van der Waals surface area contributed by atoms with Gasteiger partial charge in [0.2, 0.25) is 0 Å².